The summed E-state index contributed by atoms with van der Waals surface area (Å²) >= 11 is 7.13. The summed E-state index contributed by atoms with van der Waals surface area (Å²) in [6.07, 6.45) is 1.05. The zero-order valence-electron chi connectivity index (χ0n) is 14.0. The molecule has 2 atom stereocenters. The van der Waals surface area contributed by atoms with Crippen molar-refractivity contribution in [1.82, 2.24) is 9.78 Å². The summed E-state index contributed by atoms with van der Waals surface area (Å²) in [4.78, 5) is 13.6. The first-order chi connectivity index (χ1) is 12.5. The molecule has 3 aromatic rings. The number of quaternary nitrogens is 1. The summed E-state index contributed by atoms with van der Waals surface area (Å²) in [7, 11) is 0. The second-order valence-electron chi connectivity index (χ2n) is 6.32. The van der Waals surface area contributed by atoms with Gasteiger partial charge in [0, 0.05) is 34.6 Å². The number of hydrogen-bond donors (Lipinski definition) is 1. The average molecular weight is 389 g/mol. The number of non-ortho nitro benzene ring substituents is 1. The Morgan fingerprint density at radius 1 is 1.50 bits per heavy atom. The van der Waals surface area contributed by atoms with Crippen LogP contribution in [0, 0.1) is 15.0 Å². The van der Waals surface area contributed by atoms with Crippen molar-refractivity contribution < 1.29 is 14.2 Å². The van der Waals surface area contributed by atoms with E-state index < -0.39 is 4.92 Å². The van der Waals surface area contributed by atoms with Crippen molar-refractivity contribution in [2.45, 2.75) is 26.1 Å². The van der Waals surface area contributed by atoms with Crippen molar-refractivity contribution in [1.29, 1.82) is 0 Å². The fourth-order valence-corrected chi connectivity index (χ4v) is 4.50. The molecule has 0 aliphatic carbocycles. The van der Waals surface area contributed by atoms with Gasteiger partial charge in [-0.3, -0.25) is 10.1 Å². The van der Waals surface area contributed by atoms with Crippen LogP contribution in [0.5, 0.6) is 0 Å². The van der Waals surface area contributed by atoms with E-state index in [-0.39, 0.29) is 10.5 Å². The van der Waals surface area contributed by atoms with Crippen LogP contribution >= 0.6 is 23.6 Å². The summed E-state index contributed by atoms with van der Waals surface area (Å²) in [5, 5.41) is 17.6. The van der Waals surface area contributed by atoms with Crippen LogP contribution in [0.3, 0.4) is 0 Å². The van der Waals surface area contributed by atoms with Gasteiger partial charge in [0.25, 0.3) is 10.5 Å². The number of nitrogens with one attached hydrogen (secondary N) is 1. The predicted molar refractivity (Wildman–Crippen MR) is 99.7 cm³/mol. The lowest BCUT2D eigenvalue weighted by molar-refractivity contribution is -0.954. The lowest BCUT2D eigenvalue weighted by atomic mass is 10.0. The molecule has 4 rings (SSSR count). The molecule has 0 fully saturated rings. The first kappa shape index (κ1) is 17.1. The van der Waals surface area contributed by atoms with Gasteiger partial charge in [-0.15, -0.1) is 16.4 Å². The molecule has 7 nitrogen and oxygen atoms in total. The van der Waals surface area contributed by atoms with Gasteiger partial charge < -0.3 is 9.32 Å². The highest BCUT2D eigenvalue weighted by Crippen LogP contribution is 2.25. The molecule has 1 aliphatic heterocycles. The van der Waals surface area contributed by atoms with Gasteiger partial charge in [0.05, 0.1) is 11.5 Å². The Balaban J connectivity index is 1.59. The fraction of sp³-hybridized carbons (Fsp3) is 0.294. The third-order valence-corrected chi connectivity index (χ3v) is 6.09. The SMILES string of the molecule is C[C@@H]1c2ccsc2CC[NH+]1Cn1nc(-c2cccc([N+](=O)[O-])c2)oc1=S. The van der Waals surface area contributed by atoms with Crippen LogP contribution in [0.2, 0.25) is 0 Å². The van der Waals surface area contributed by atoms with Gasteiger partial charge >= 0.3 is 0 Å². The normalized spacial score (nSPS) is 19.3. The molecule has 0 amide bonds. The summed E-state index contributed by atoms with van der Waals surface area (Å²) < 4.78 is 7.27. The van der Waals surface area contributed by atoms with Gasteiger partial charge in [0.2, 0.25) is 5.89 Å². The maximum Gasteiger partial charge on any atom is 0.292 e. The number of thiophene rings is 1. The number of benzene rings is 1. The summed E-state index contributed by atoms with van der Waals surface area (Å²) in [5.74, 6) is 0.305. The van der Waals surface area contributed by atoms with Crippen molar-refractivity contribution >= 4 is 29.2 Å². The second kappa shape index (κ2) is 6.75. The van der Waals surface area contributed by atoms with E-state index in [4.69, 9.17) is 16.6 Å². The Bertz CT molecular complexity index is 1020. The van der Waals surface area contributed by atoms with Crippen molar-refractivity contribution in [2.24, 2.45) is 0 Å². The van der Waals surface area contributed by atoms with Crippen LogP contribution in [0.15, 0.2) is 40.1 Å². The maximum absolute atomic E-state index is 11.0. The Hall–Kier alpha value is -2.36. The number of nitro groups is 1. The Morgan fingerprint density at radius 2 is 2.35 bits per heavy atom. The number of aromatic nitrogens is 2. The first-order valence-corrected chi connectivity index (χ1v) is 9.55. The second-order valence-corrected chi connectivity index (χ2v) is 7.67. The van der Waals surface area contributed by atoms with Crippen molar-refractivity contribution in [3.63, 3.8) is 0 Å². The minimum absolute atomic E-state index is 0.00145. The highest BCUT2D eigenvalue weighted by atomic mass is 32.1. The molecule has 1 unspecified atom stereocenters. The highest BCUT2D eigenvalue weighted by Gasteiger charge is 2.29. The van der Waals surface area contributed by atoms with E-state index in [1.807, 2.05) is 11.3 Å². The smallest absolute Gasteiger partial charge is 0.292 e. The van der Waals surface area contributed by atoms with E-state index in [1.54, 1.807) is 16.8 Å². The quantitative estimate of drug-likeness (QED) is 0.422. The summed E-state index contributed by atoms with van der Waals surface area (Å²) in [5.41, 5.74) is 1.94. The number of hydrogen-bond acceptors (Lipinski definition) is 6. The minimum atomic E-state index is -0.437. The maximum atomic E-state index is 11.0. The highest BCUT2D eigenvalue weighted by molar-refractivity contribution is 7.71. The molecule has 1 aromatic carbocycles. The Kier molecular flexibility index (Phi) is 4.43. The van der Waals surface area contributed by atoms with E-state index in [0.29, 0.717) is 24.2 Å². The van der Waals surface area contributed by atoms with Crippen LogP contribution in [-0.2, 0) is 13.1 Å². The number of fused-ring (bicyclic) bond motifs is 1. The third-order valence-electron chi connectivity index (χ3n) is 4.79. The molecule has 0 radical (unpaired) electrons. The van der Waals surface area contributed by atoms with Gasteiger partial charge in [0.1, 0.15) is 6.04 Å². The van der Waals surface area contributed by atoms with E-state index >= 15 is 0 Å². The number of nitro benzene ring substituents is 1. The molecule has 9 heteroatoms. The van der Waals surface area contributed by atoms with Crippen LogP contribution in [-0.4, -0.2) is 21.2 Å². The van der Waals surface area contributed by atoms with Crippen LogP contribution in [0.1, 0.15) is 23.4 Å². The van der Waals surface area contributed by atoms with Gasteiger partial charge in [0.15, 0.2) is 6.67 Å². The minimum Gasteiger partial charge on any atom is -0.409 e. The number of nitrogens with zero attached hydrogens (tertiary/aromatic N) is 3. The lowest BCUT2D eigenvalue weighted by Gasteiger charge is -2.29. The predicted octanol–water partition coefficient (Wildman–Crippen LogP) is 3.00. The molecule has 0 saturated carbocycles. The van der Waals surface area contributed by atoms with Gasteiger partial charge in [-0.25, -0.2) is 0 Å². The van der Waals surface area contributed by atoms with Crippen LogP contribution in [0.25, 0.3) is 11.5 Å². The molecule has 0 spiro atoms. The Labute approximate surface area is 158 Å². The van der Waals surface area contributed by atoms with Crippen LogP contribution < -0.4 is 4.90 Å². The molecule has 0 bridgehead atoms. The number of rotatable bonds is 4. The zero-order chi connectivity index (χ0) is 18.3. The monoisotopic (exact) mass is 389 g/mol. The standard InChI is InChI=1S/C17H16N4O3S2/c1-11-14-6-8-26-15(14)5-7-19(11)10-20-17(25)24-16(18-20)12-3-2-4-13(9-12)21(22)23/h2-4,6,8-9,11H,5,7,10H2,1H3/p+1/t11-/m1/s1. The molecule has 1 aliphatic rings. The van der Waals surface area contributed by atoms with Crippen molar-refractivity contribution in [3.8, 4) is 11.5 Å². The third kappa shape index (κ3) is 3.09. The lowest BCUT2D eigenvalue weighted by Crippen LogP contribution is -3.12. The summed E-state index contributed by atoms with van der Waals surface area (Å²) in [6.45, 7) is 3.83. The Morgan fingerprint density at radius 3 is 3.15 bits per heavy atom. The topological polar surface area (TPSA) is 78.5 Å². The van der Waals surface area contributed by atoms with Crippen LogP contribution in [0.4, 0.5) is 5.69 Å². The van der Waals surface area contributed by atoms with Crippen molar-refractivity contribution in [2.75, 3.05) is 6.54 Å². The molecule has 134 valence electrons. The van der Waals surface area contributed by atoms with Gasteiger partial charge in [-0.05, 0) is 36.7 Å². The van der Waals surface area contributed by atoms with Gasteiger partial charge in [-0.1, -0.05) is 6.07 Å². The summed E-state index contributed by atoms with van der Waals surface area (Å²) in [6, 6.07) is 8.78. The first-order valence-electron chi connectivity index (χ1n) is 8.26. The molecular weight excluding hydrogens is 372 g/mol. The molecule has 3 heterocycles. The molecule has 2 aromatic heterocycles. The molecule has 26 heavy (non-hydrogen) atoms. The van der Waals surface area contributed by atoms with Crippen molar-refractivity contribution in [3.05, 3.63) is 61.1 Å². The molecule has 1 N–H and O–H groups in total. The molecular formula is C17H17N4O3S2+. The van der Waals surface area contributed by atoms with E-state index in [0.717, 1.165) is 13.0 Å². The van der Waals surface area contributed by atoms with E-state index in [2.05, 4.69) is 23.5 Å². The van der Waals surface area contributed by atoms with Gasteiger partial charge in [-0.2, -0.15) is 4.68 Å². The van der Waals surface area contributed by atoms with E-state index in [9.17, 15) is 10.1 Å². The molecule has 0 saturated heterocycles. The van der Waals surface area contributed by atoms with E-state index in [1.165, 1.54) is 27.5 Å². The average Bonchev–Trinajstić information content (AvgIpc) is 3.25. The zero-order valence-corrected chi connectivity index (χ0v) is 15.7. The fourth-order valence-electron chi connectivity index (χ4n) is 3.33. The largest absolute Gasteiger partial charge is 0.409 e.